The van der Waals surface area contributed by atoms with Crippen molar-refractivity contribution in [2.45, 2.75) is 63.8 Å². The van der Waals surface area contributed by atoms with Crippen molar-refractivity contribution in [1.29, 1.82) is 0 Å². The third-order valence-electron chi connectivity index (χ3n) is 5.81. The molecule has 2 aromatic rings. The standard InChI is InChI=1S/C23H25F3N2O3/c1-22(2,3)31-21(30)28-18-11-7-4-8-14(18)15-12-13-27(20(29)23(24,25)26)17-10-6-5-9-16(17)19(15)28/h4-5,7-9,11,16-17H,6,10,12-13H2,1-3H3. The third-order valence-corrected chi connectivity index (χ3v) is 5.81. The Bertz CT molecular complexity index is 1060. The number of aromatic nitrogens is 1. The number of ether oxygens (including phenoxy) is 1. The van der Waals surface area contributed by atoms with Crippen molar-refractivity contribution in [3.63, 3.8) is 0 Å². The summed E-state index contributed by atoms with van der Waals surface area (Å²) in [7, 11) is 0. The first-order valence-electron chi connectivity index (χ1n) is 10.4. The number of alkyl halides is 3. The summed E-state index contributed by atoms with van der Waals surface area (Å²) in [5.74, 6) is -2.35. The minimum atomic E-state index is -4.94. The molecular formula is C23H25F3N2O3. The second kappa shape index (κ2) is 7.43. The van der Waals surface area contributed by atoms with Crippen LogP contribution in [0.5, 0.6) is 0 Å². The van der Waals surface area contributed by atoms with E-state index in [1.807, 2.05) is 36.4 Å². The zero-order valence-corrected chi connectivity index (χ0v) is 17.7. The topological polar surface area (TPSA) is 51.5 Å². The smallest absolute Gasteiger partial charge is 0.443 e. The number of hydrogen-bond acceptors (Lipinski definition) is 3. The van der Waals surface area contributed by atoms with E-state index in [4.69, 9.17) is 4.74 Å². The number of benzene rings is 1. The van der Waals surface area contributed by atoms with Gasteiger partial charge >= 0.3 is 18.2 Å². The molecule has 1 aromatic heterocycles. The van der Waals surface area contributed by atoms with Gasteiger partial charge in [-0.15, -0.1) is 0 Å². The first-order valence-corrected chi connectivity index (χ1v) is 10.4. The van der Waals surface area contributed by atoms with Gasteiger partial charge in [-0.3, -0.25) is 4.79 Å². The number of hydrogen-bond donors (Lipinski definition) is 0. The summed E-state index contributed by atoms with van der Waals surface area (Å²) >= 11 is 0. The summed E-state index contributed by atoms with van der Waals surface area (Å²) in [4.78, 5) is 26.4. The average molecular weight is 434 g/mol. The van der Waals surface area contributed by atoms with E-state index in [1.165, 1.54) is 4.57 Å². The number of rotatable bonds is 0. The van der Waals surface area contributed by atoms with E-state index < -0.39 is 35.7 Å². The fourth-order valence-electron chi connectivity index (χ4n) is 4.70. The maximum absolute atomic E-state index is 13.3. The summed E-state index contributed by atoms with van der Waals surface area (Å²) < 4.78 is 47.1. The SMILES string of the molecule is CC(C)(C)OC(=O)n1c2c(c3ccccc31)CCN(C(=O)C(F)(F)F)C1CCC=CC21. The van der Waals surface area contributed by atoms with E-state index in [0.717, 1.165) is 15.8 Å². The van der Waals surface area contributed by atoms with Crippen LogP contribution in [0.4, 0.5) is 18.0 Å². The molecule has 2 unspecified atom stereocenters. The highest BCUT2D eigenvalue weighted by Gasteiger charge is 2.48. The van der Waals surface area contributed by atoms with E-state index in [9.17, 15) is 22.8 Å². The van der Waals surface area contributed by atoms with Crippen LogP contribution in [0, 0.1) is 0 Å². The van der Waals surface area contributed by atoms with Crippen LogP contribution in [0.2, 0.25) is 0 Å². The Morgan fingerprint density at radius 2 is 1.84 bits per heavy atom. The van der Waals surface area contributed by atoms with Crippen molar-refractivity contribution >= 4 is 22.9 Å². The lowest BCUT2D eigenvalue weighted by Gasteiger charge is -2.36. The highest BCUT2D eigenvalue weighted by Crippen LogP contribution is 2.42. The lowest BCUT2D eigenvalue weighted by Crippen LogP contribution is -2.49. The monoisotopic (exact) mass is 434 g/mol. The van der Waals surface area contributed by atoms with E-state index >= 15 is 0 Å². The zero-order chi connectivity index (χ0) is 22.6. The van der Waals surface area contributed by atoms with E-state index in [0.29, 0.717) is 24.1 Å². The predicted molar refractivity (Wildman–Crippen MR) is 110 cm³/mol. The maximum atomic E-state index is 13.3. The van der Waals surface area contributed by atoms with Crippen LogP contribution in [-0.4, -0.2) is 45.8 Å². The molecule has 1 aromatic carbocycles. The van der Waals surface area contributed by atoms with Gasteiger partial charge in [0.1, 0.15) is 5.60 Å². The molecule has 0 spiro atoms. The molecule has 2 heterocycles. The first-order chi connectivity index (χ1) is 14.5. The molecule has 166 valence electrons. The van der Waals surface area contributed by atoms with Gasteiger partial charge in [-0.05, 0) is 51.7 Å². The Balaban J connectivity index is 1.91. The van der Waals surface area contributed by atoms with Gasteiger partial charge in [0, 0.05) is 29.6 Å². The Morgan fingerprint density at radius 1 is 1.13 bits per heavy atom. The second-order valence-electron chi connectivity index (χ2n) is 9.04. The molecule has 2 atom stereocenters. The molecule has 1 amide bonds. The molecule has 31 heavy (non-hydrogen) atoms. The lowest BCUT2D eigenvalue weighted by atomic mass is 9.85. The van der Waals surface area contributed by atoms with Crippen molar-refractivity contribution in [3.8, 4) is 0 Å². The summed E-state index contributed by atoms with van der Waals surface area (Å²) in [5, 5.41) is 0.794. The van der Waals surface area contributed by atoms with Gasteiger partial charge < -0.3 is 9.64 Å². The normalized spacial score (nSPS) is 21.4. The van der Waals surface area contributed by atoms with E-state index in [1.54, 1.807) is 20.8 Å². The molecule has 4 rings (SSSR count). The van der Waals surface area contributed by atoms with Gasteiger partial charge in [0.15, 0.2) is 0 Å². The summed E-state index contributed by atoms with van der Waals surface area (Å²) in [5.41, 5.74) is 1.34. The Labute approximate surface area is 178 Å². The fourth-order valence-corrected chi connectivity index (χ4v) is 4.70. The van der Waals surface area contributed by atoms with Crippen LogP contribution in [-0.2, 0) is 16.0 Å². The fraction of sp³-hybridized carbons (Fsp3) is 0.478. The number of fused-ring (bicyclic) bond motifs is 5. The first kappa shape index (κ1) is 21.5. The molecule has 0 N–H and O–H groups in total. The maximum Gasteiger partial charge on any atom is 0.471 e. The molecule has 0 bridgehead atoms. The third kappa shape index (κ3) is 3.83. The number of halogens is 3. The average Bonchev–Trinajstić information content (AvgIpc) is 2.91. The van der Waals surface area contributed by atoms with Crippen LogP contribution in [0.25, 0.3) is 10.9 Å². The molecule has 2 aliphatic rings. The summed E-state index contributed by atoms with van der Waals surface area (Å²) in [6, 6.07) is 6.65. The Kier molecular flexibility index (Phi) is 5.14. The van der Waals surface area contributed by atoms with E-state index in [2.05, 4.69) is 0 Å². The van der Waals surface area contributed by atoms with Gasteiger partial charge in [-0.1, -0.05) is 30.4 Å². The van der Waals surface area contributed by atoms with Crippen LogP contribution < -0.4 is 0 Å². The quantitative estimate of drug-likeness (QED) is 0.538. The van der Waals surface area contributed by atoms with Crippen molar-refractivity contribution < 1.29 is 27.5 Å². The van der Waals surface area contributed by atoms with Crippen molar-refractivity contribution in [2.75, 3.05) is 6.54 Å². The number of carbonyl (C=O) groups is 2. The number of allylic oxidation sites excluding steroid dienone is 1. The highest BCUT2D eigenvalue weighted by molar-refractivity contribution is 5.94. The highest BCUT2D eigenvalue weighted by atomic mass is 19.4. The van der Waals surface area contributed by atoms with E-state index in [-0.39, 0.29) is 13.0 Å². The minimum absolute atomic E-state index is 0.0529. The van der Waals surface area contributed by atoms with Crippen LogP contribution in [0.15, 0.2) is 36.4 Å². The van der Waals surface area contributed by atoms with Gasteiger partial charge in [-0.25, -0.2) is 9.36 Å². The molecule has 5 nitrogen and oxygen atoms in total. The molecule has 0 saturated carbocycles. The van der Waals surface area contributed by atoms with Crippen LogP contribution >= 0.6 is 0 Å². The summed E-state index contributed by atoms with van der Waals surface area (Å²) in [6.45, 7) is 5.25. The number of carbonyl (C=O) groups excluding carboxylic acids is 2. The molecule has 8 heteroatoms. The Morgan fingerprint density at radius 3 is 2.52 bits per heavy atom. The van der Waals surface area contributed by atoms with Gasteiger partial charge in [-0.2, -0.15) is 13.2 Å². The van der Waals surface area contributed by atoms with Crippen LogP contribution in [0.3, 0.4) is 0 Å². The number of nitrogens with zero attached hydrogens (tertiary/aromatic N) is 2. The molecular weight excluding hydrogens is 409 g/mol. The summed E-state index contributed by atoms with van der Waals surface area (Å²) in [6.07, 6.45) is -0.572. The van der Waals surface area contributed by atoms with Crippen molar-refractivity contribution in [2.24, 2.45) is 0 Å². The molecule has 0 radical (unpaired) electrons. The van der Waals surface area contributed by atoms with Gasteiger partial charge in [0.05, 0.1) is 5.52 Å². The minimum Gasteiger partial charge on any atom is -0.443 e. The largest absolute Gasteiger partial charge is 0.471 e. The van der Waals surface area contributed by atoms with Crippen molar-refractivity contribution in [1.82, 2.24) is 9.47 Å². The number of para-hydroxylation sites is 1. The molecule has 1 aliphatic carbocycles. The van der Waals surface area contributed by atoms with Crippen molar-refractivity contribution in [3.05, 3.63) is 47.7 Å². The molecule has 1 aliphatic heterocycles. The van der Waals surface area contributed by atoms with Gasteiger partial charge in [0.25, 0.3) is 0 Å². The molecule has 0 fully saturated rings. The van der Waals surface area contributed by atoms with Crippen LogP contribution in [0.1, 0.15) is 50.8 Å². The number of amides is 1. The molecule has 0 saturated heterocycles. The zero-order valence-electron chi connectivity index (χ0n) is 17.7. The predicted octanol–water partition coefficient (Wildman–Crippen LogP) is 5.17. The second-order valence-corrected chi connectivity index (χ2v) is 9.04. The van der Waals surface area contributed by atoms with Gasteiger partial charge in [0.2, 0.25) is 0 Å². The Hall–Kier alpha value is -2.77. The lowest BCUT2D eigenvalue weighted by molar-refractivity contribution is -0.188.